The molecule has 2 aromatic rings. The van der Waals surface area contributed by atoms with E-state index < -0.39 is 0 Å². The average molecular weight is 318 g/mol. The molecule has 1 aliphatic rings. The van der Waals surface area contributed by atoms with E-state index in [1.807, 2.05) is 35.2 Å². The Bertz CT molecular complexity index is 708. The fraction of sp³-hybridized carbons (Fsp3) is 0.333. The maximum atomic E-state index is 12.4. The van der Waals surface area contributed by atoms with Crippen LogP contribution in [0.15, 0.2) is 54.6 Å². The van der Waals surface area contributed by atoms with E-state index in [9.17, 15) is 4.79 Å². The van der Waals surface area contributed by atoms with Gasteiger partial charge in [-0.3, -0.25) is 4.79 Å². The molecule has 0 radical (unpaired) electrons. The lowest BCUT2D eigenvalue weighted by atomic mass is 9.89. The van der Waals surface area contributed by atoms with Gasteiger partial charge in [-0.25, -0.2) is 0 Å². The number of benzene rings is 2. The van der Waals surface area contributed by atoms with Crippen molar-refractivity contribution in [3.8, 4) is 6.07 Å². The molecule has 1 aliphatic heterocycles. The van der Waals surface area contributed by atoms with E-state index in [2.05, 4.69) is 30.3 Å². The predicted molar refractivity (Wildman–Crippen MR) is 94.5 cm³/mol. The summed E-state index contributed by atoms with van der Waals surface area (Å²) in [6, 6.07) is 20.2. The third-order valence-electron chi connectivity index (χ3n) is 4.83. The monoisotopic (exact) mass is 318 g/mol. The molecule has 1 heterocycles. The van der Waals surface area contributed by atoms with Crippen LogP contribution in [0.3, 0.4) is 0 Å². The van der Waals surface area contributed by atoms with E-state index in [-0.39, 0.29) is 5.91 Å². The lowest BCUT2D eigenvalue weighted by molar-refractivity contribution is -0.132. The van der Waals surface area contributed by atoms with Gasteiger partial charge >= 0.3 is 0 Å². The van der Waals surface area contributed by atoms with Gasteiger partial charge in [-0.05, 0) is 48.4 Å². The second kappa shape index (κ2) is 7.79. The number of hydrogen-bond acceptors (Lipinski definition) is 2. The van der Waals surface area contributed by atoms with Crippen molar-refractivity contribution in [1.82, 2.24) is 4.90 Å². The third-order valence-corrected chi connectivity index (χ3v) is 4.83. The molecule has 0 aromatic heterocycles. The van der Waals surface area contributed by atoms with E-state index in [1.165, 1.54) is 5.56 Å². The van der Waals surface area contributed by atoms with Gasteiger partial charge in [0.15, 0.2) is 0 Å². The summed E-state index contributed by atoms with van der Waals surface area (Å²) in [7, 11) is 0. The Morgan fingerprint density at radius 3 is 2.33 bits per heavy atom. The molecule has 0 unspecified atom stereocenters. The summed E-state index contributed by atoms with van der Waals surface area (Å²) in [4.78, 5) is 14.4. The Kier molecular flexibility index (Phi) is 5.28. The van der Waals surface area contributed by atoms with Crippen LogP contribution in [0.4, 0.5) is 0 Å². The SMILES string of the molecule is N#Cc1ccc(CCC(=O)N2CCC(c3ccccc3)CC2)cc1. The predicted octanol–water partition coefficient (Wildman–Crippen LogP) is 3.90. The van der Waals surface area contributed by atoms with Gasteiger partial charge in [0.25, 0.3) is 0 Å². The number of amides is 1. The van der Waals surface area contributed by atoms with Crippen LogP contribution in [0.25, 0.3) is 0 Å². The van der Waals surface area contributed by atoms with Crippen LogP contribution in [0.1, 0.15) is 41.9 Å². The van der Waals surface area contributed by atoms with Crippen LogP contribution in [0, 0.1) is 11.3 Å². The summed E-state index contributed by atoms with van der Waals surface area (Å²) < 4.78 is 0. The molecule has 0 atom stereocenters. The minimum atomic E-state index is 0.242. The third kappa shape index (κ3) is 4.02. The number of carbonyl (C=O) groups is 1. The van der Waals surface area contributed by atoms with E-state index >= 15 is 0 Å². The highest BCUT2D eigenvalue weighted by molar-refractivity contribution is 5.76. The molecule has 3 rings (SSSR count). The molecule has 1 amide bonds. The van der Waals surface area contributed by atoms with Crippen LogP contribution < -0.4 is 0 Å². The Hall–Kier alpha value is -2.60. The molecule has 0 N–H and O–H groups in total. The molecule has 0 aliphatic carbocycles. The summed E-state index contributed by atoms with van der Waals surface area (Å²) in [6.45, 7) is 1.71. The van der Waals surface area contributed by atoms with Gasteiger partial charge < -0.3 is 4.90 Å². The van der Waals surface area contributed by atoms with Crippen molar-refractivity contribution in [2.24, 2.45) is 0 Å². The first-order valence-corrected chi connectivity index (χ1v) is 8.58. The first-order chi connectivity index (χ1) is 11.8. The standard InChI is InChI=1S/C21H22N2O/c22-16-18-8-6-17(7-9-18)10-11-21(24)23-14-12-20(13-15-23)19-4-2-1-3-5-19/h1-9,20H,10-15H2. The second-order valence-corrected chi connectivity index (χ2v) is 6.37. The lowest BCUT2D eigenvalue weighted by Gasteiger charge is -2.32. The largest absolute Gasteiger partial charge is 0.343 e. The molecule has 1 fully saturated rings. The van der Waals surface area contributed by atoms with Crippen LogP contribution in [0.2, 0.25) is 0 Å². The number of piperidine rings is 1. The Labute approximate surface area is 143 Å². The van der Waals surface area contributed by atoms with Crippen LogP contribution in [-0.4, -0.2) is 23.9 Å². The molecule has 0 saturated carbocycles. The minimum absolute atomic E-state index is 0.242. The zero-order valence-electron chi connectivity index (χ0n) is 13.8. The van der Waals surface area contributed by atoms with Crippen LogP contribution in [0.5, 0.6) is 0 Å². The summed E-state index contributed by atoms with van der Waals surface area (Å²) in [5.74, 6) is 0.819. The zero-order valence-corrected chi connectivity index (χ0v) is 13.8. The topological polar surface area (TPSA) is 44.1 Å². The number of likely N-dealkylation sites (tertiary alicyclic amines) is 1. The van der Waals surface area contributed by atoms with Crippen LogP contribution >= 0.6 is 0 Å². The smallest absolute Gasteiger partial charge is 0.222 e. The van der Waals surface area contributed by atoms with Crippen molar-refractivity contribution in [3.63, 3.8) is 0 Å². The number of nitriles is 1. The first kappa shape index (κ1) is 16.3. The first-order valence-electron chi connectivity index (χ1n) is 8.58. The maximum Gasteiger partial charge on any atom is 0.222 e. The number of carbonyl (C=O) groups excluding carboxylic acids is 1. The molecular weight excluding hydrogens is 296 g/mol. The van der Waals surface area contributed by atoms with Crippen LogP contribution in [-0.2, 0) is 11.2 Å². The van der Waals surface area contributed by atoms with Crippen molar-refractivity contribution in [2.45, 2.75) is 31.6 Å². The average Bonchev–Trinajstić information content (AvgIpc) is 2.67. The number of nitrogens with zero attached hydrogens (tertiary/aromatic N) is 2. The van der Waals surface area contributed by atoms with Crippen molar-refractivity contribution >= 4 is 5.91 Å². The summed E-state index contributed by atoms with van der Waals surface area (Å²) >= 11 is 0. The molecular formula is C21H22N2O. The number of hydrogen-bond donors (Lipinski definition) is 0. The van der Waals surface area contributed by atoms with E-state index in [0.717, 1.165) is 37.9 Å². The Balaban J connectivity index is 1.47. The highest BCUT2D eigenvalue weighted by Crippen LogP contribution is 2.28. The van der Waals surface area contributed by atoms with Gasteiger partial charge in [-0.1, -0.05) is 42.5 Å². The minimum Gasteiger partial charge on any atom is -0.343 e. The lowest BCUT2D eigenvalue weighted by Crippen LogP contribution is -2.38. The van der Waals surface area contributed by atoms with Gasteiger partial charge in [0.2, 0.25) is 5.91 Å². The molecule has 1 saturated heterocycles. The quantitative estimate of drug-likeness (QED) is 0.858. The molecule has 2 aromatic carbocycles. The van der Waals surface area contributed by atoms with Crippen molar-refractivity contribution in [2.75, 3.05) is 13.1 Å². The fourth-order valence-electron chi connectivity index (χ4n) is 3.34. The van der Waals surface area contributed by atoms with Crippen molar-refractivity contribution in [3.05, 3.63) is 71.3 Å². The van der Waals surface area contributed by atoms with Gasteiger partial charge in [0.1, 0.15) is 0 Å². The molecule has 3 heteroatoms. The number of rotatable bonds is 4. The Morgan fingerprint density at radius 2 is 1.71 bits per heavy atom. The molecule has 122 valence electrons. The van der Waals surface area contributed by atoms with E-state index in [1.54, 1.807) is 0 Å². The van der Waals surface area contributed by atoms with E-state index in [4.69, 9.17) is 5.26 Å². The van der Waals surface area contributed by atoms with Gasteiger partial charge in [0.05, 0.1) is 11.6 Å². The molecule has 0 bridgehead atoms. The summed E-state index contributed by atoms with van der Waals surface area (Å²) in [5, 5.41) is 8.81. The second-order valence-electron chi connectivity index (χ2n) is 6.37. The number of aryl methyl sites for hydroxylation is 1. The molecule has 24 heavy (non-hydrogen) atoms. The van der Waals surface area contributed by atoms with Gasteiger partial charge in [0, 0.05) is 19.5 Å². The molecule has 3 nitrogen and oxygen atoms in total. The zero-order chi connectivity index (χ0) is 16.8. The highest BCUT2D eigenvalue weighted by atomic mass is 16.2. The van der Waals surface area contributed by atoms with Gasteiger partial charge in [-0.15, -0.1) is 0 Å². The fourth-order valence-corrected chi connectivity index (χ4v) is 3.34. The Morgan fingerprint density at radius 1 is 1.04 bits per heavy atom. The highest BCUT2D eigenvalue weighted by Gasteiger charge is 2.23. The normalized spacial score (nSPS) is 15.0. The molecule has 0 spiro atoms. The maximum absolute atomic E-state index is 12.4. The van der Waals surface area contributed by atoms with Crippen molar-refractivity contribution < 1.29 is 4.79 Å². The van der Waals surface area contributed by atoms with Gasteiger partial charge in [-0.2, -0.15) is 5.26 Å². The van der Waals surface area contributed by atoms with Crippen molar-refractivity contribution in [1.29, 1.82) is 5.26 Å². The summed E-state index contributed by atoms with van der Waals surface area (Å²) in [5.41, 5.74) is 3.16. The van der Waals surface area contributed by atoms with E-state index in [0.29, 0.717) is 17.9 Å². The summed E-state index contributed by atoms with van der Waals surface area (Å²) in [6.07, 6.45) is 3.38.